The summed E-state index contributed by atoms with van der Waals surface area (Å²) < 4.78 is 21.0. The van der Waals surface area contributed by atoms with Crippen molar-refractivity contribution in [2.45, 2.75) is 26.4 Å². The fourth-order valence-corrected chi connectivity index (χ4v) is 3.31. The van der Waals surface area contributed by atoms with Gasteiger partial charge in [0.2, 0.25) is 5.75 Å². The van der Waals surface area contributed by atoms with Crippen LogP contribution in [0, 0.1) is 0 Å². The summed E-state index contributed by atoms with van der Waals surface area (Å²) in [6.45, 7) is 4.70. The molecule has 28 heavy (non-hydrogen) atoms. The number of esters is 1. The summed E-state index contributed by atoms with van der Waals surface area (Å²) >= 11 is 0.751. The molecular formula is C19H23NO7S. The van der Waals surface area contributed by atoms with Crippen molar-refractivity contribution in [3.05, 3.63) is 22.6 Å². The molecule has 0 aromatic heterocycles. The van der Waals surface area contributed by atoms with Gasteiger partial charge in [0, 0.05) is 0 Å². The van der Waals surface area contributed by atoms with E-state index in [1.807, 2.05) is 0 Å². The smallest absolute Gasteiger partial charge is 0.326 e. The lowest BCUT2D eigenvalue weighted by Crippen LogP contribution is -2.37. The van der Waals surface area contributed by atoms with E-state index in [0.717, 1.165) is 16.7 Å². The number of nitrogens with zero attached hydrogens (tertiary/aromatic N) is 1. The number of imide groups is 1. The summed E-state index contributed by atoms with van der Waals surface area (Å²) in [6, 6.07) is 3.31. The molecule has 9 heteroatoms. The minimum absolute atomic E-state index is 0.183. The van der Waals surface area contributed by atoms with Crippen LogP contribution < -0.4 is 14.2 Å². The average molecular weight is 409 g/mol. The molecule has 0 atom stereocenters. The van der Waals surface area contributed by atoms with Gasteiger partial charge in [-0.3, -0.25) is 19.3 Å². The summed E-state index contributed by atoms with van der Waals surface area (Å²) in [5.41, 5.74) is -0.123. The number of carbonyl (C=O) groups excluding carboxylic acids is 3. The number of thioether (sulfide) groups is 1. The van der Waals surface area contributed by atoms with Crippen molar-refractivity contribution in [1.82, 2.24) is 4.90 Å². The SMILES string of the molecule is COc1cc(C=C2SC(=O)N(CC(=O)OC(C)(C)C)C2=O)cc(OC)c1OC. The van der Waals surface area contributed by atoms with Gasteiger partial charge in [0.1, 0.15) is 12.1 Å². The molecule has 0 N–H and O–H groups in total. The molecule has 2 rings (SSSR count). The number of carbonyl (C=O) groups is 3. The summed E-state index contributed by atoms with van der Waals surface area (Å²) in [6.07, 6.45) is 1.53. The summed E-state index contributed by atoms with van der Waals surface area (Å²) in [4.78, 5) is 37.8. The zero-order valence-electron chi connectivity index (χ0n) is 16.7. The third kappa shape index (κ3) is 4.98. The quantitative estimate of drug-likeness (QED) is 0.523. The van der Waals surface area contributed by atoms with Crippen LogP contribution in [-0.2, 0) is 14.3 Å². The first-order valence-electron chi connectivity index (χ1n) is 8.37. The summed E-state index contributed by atoms with van der Waals surface area (Å²) in [5.74, 6) is 0.0424. The van der Waals surface area contributed by atoms with Crippen molar-refractivity contribution in [1.29, 1.82) is 0 Å². The molecule has 0 aliphatic carbocycles. The normalized spacial score (nSPS) is 15.8. The molecule has 152 valence electrons. The van der Waals surface area contributed by atoms with Crippen molar-refractivity contribution in [3.8, 4) is 17.2 Å². The van der Waals surface area contributed by atoms with Crippen molar-refractivity contribution in [3.63, 3.8) is 0 Å². The molecule has 0 radical (unpaired) electrons. The molecule has 1 aromatic rings. The standard InChI is InChI=1S/C19H23NO7S/c1-19(2,3)27-15(21)10-20-17(22)14(28-18(20)23)9-11-7-12(24-4)16(26-6)13(8-11)25-5/h7-9H,10H2,1-6H3. The minimum Gasteiger partial charge on any atom is -0.493 e. The topological polar surface area (TPSA) is 91.4 Å². The van der Waals surface area contributed by atoms with Crippen LogP contribution >= 0.6 is 11.8 Å². The largest absolute Gasteiger partial charge is 0.493 e. The highest BCUT2D eigenvalue weighted by Gasteiger charge is 2.37. The number of rotatable bonds is 6. The van der Waals surface area contributed by atoms with Crippen LogP contribution in [0.1, 0.15) is 26.3 Å². The van der Waals surface area contributed by atoms with Gasteiger partial charge in [-0.1, -0.05) is 0 Å². The first kappa shape index (κ1) is 21.6. The second-order valence-electron chi connectivity index (χ2n) is 6.81. The molecule has 1 heterocycles. The number of hydrogen-bond acceptors (Lipinski definition) is 8. The van der Waals surface area contributed by atoms with E-state index in [0.29, 0.717) is 22.8 Å². The summed E-state index contributed by atoms with van der Waals surface area (Å²) in [5, 5.41) is -0.533. The first-order valence-corrected chi connectivity index (χ1v) is 9.18. The molecule has 2 amide bonds. The van der Waals surface area contributed by atoms with E-state index >= 15 is 0 Å². The minimum atomic E-state index is -0.703. The van der Waals surface area contributed by atoms with Crippen molar-refractivity contribution >= 4 is 35.0 Å². The van der Waals surface area contributed by atoms with Crippen LogP contribution in [0.15, 0.2) is 17.0 Å². The Hall–Kier alpha value is -2.68. The van der Waals surface area contributed by atoms with E-state index in [1.165, 1.54) is 27.4 Å². The predicted molar refractivity (Wildman–Crippen MR) is 105 cm³/mol. The third-order valence-corrected chi connectivity index (χ3v) is 4.47. The lowest BCUT2D eigenvalue weighted by atomic mass is 10.1. The van der Waals surface area contributed by atoms with Crippen LogP contribution in [0.25, 0.3) is 6.08 Å². The Bertz CT molecular complexity index is 801. The summed E-state index contributed by atoms with van der Waals surface area (Å²) in [7, 11) is 4.45. The zero-order chi connectivity index (χ0) is 21.1. The Morgan fingerprint density at radius 1 is 1.07 bits per heavy atom. The van der Waals surface area contributed by atoms with Crippen LogP contribution in [0.3, 0.4) is 0 Å². The first-order chi connectivity index (χ1) is 13.1. The van der Waals surface area contributed by atoms with Gasteiger partial charge in [0.15, 0.2) is 11.5 Å². The van der Waals surface area contributed by atoms with E-state index in [4.69, 9.17) is 18.9 Å². The van der Waals surface area contributed by atoms with Crippen LogP contribution in [0.2, 0.25) is 0 Å². The van der Waals surface area contributed by atoms with Crippen LogP contribution in [0.5, 0.6) is 17.2 Å². The highest BCUT2D eigenvalue weighted by Crippen LogP contribution is 2.40. The maximum absolute atomic E-state index is 12.6. The van der Waals surface area contributed by atoms with Gasteiger partial charge < -0.3 is 18.9 Å². The molecule has 0 bridgehead atoms. The fourth-order valence-electron chi connectivity index (χ4n) is 2.48. The Morgan fingerprint density at radius 2 is 1.64 bits per heavy atom. The van der Waals surface area contributed by atoms with Gasteiger partial charge in [-0.2, -0.15) is 0 Å². The Balaban J connectivity index is 2.27. The van der Waals surface area contributed by atoms with Gasteiger partial charge in [-0.05, 0) is 56.3 Å². The maximum atomic E-state index is 12.6. The second kappa shape index (κ2) is 8.55. The van der Waals surface area contributed by atoms with E-state index in [1.54, 1.807) is 32.9 Å². The molecule has 8 nitrogen and oxygen atoms in total. The molecule has 1 aliphatic rings. The molecule has 1 saturated heterocycles. The Kier molecular flexibility index (Phi) is 6.60. The number of ether oxygens (including phenoxy) is 4. The van der Waals surface area contributed by atoms with Gasteiger partial charge in [0.05, 0.1) is 26.2 Å². The van der Waals surface area contributed by atoms with Crippen molar-refractivity contribution in [2.75, 3.05) is 27.9 Å². The fraction of sp³-hybridized carbons (Fsp3) is 0.421. The van der Waals surface area contributed by atoms with Gasteiger partial charge in [-0.25, -0.2) is 0 Å². The molecular weight excluding hydrogens is 386 g/mol. The van der Waals surface area contributed by atoms with E-state index in [9.17, 15) is 14.4 Å². The van der Waals surface area contributed by atoms with E-state index in [2.05, 4.69) is 0 Å². The van der Waals surface area contributed by atoms with E-state index < -0.39 is 29.3 Å². The molecule has 1 fully saturated rings. The van der Waals surface area contributed by atoms with Gasteiger partial charge >= 0.3 is 5.97 Å². The average Bonchev–Trinajstić information content (AvgIpc) is 2.86. The molecule has 0 unspecified atom stereocenters. The van der Waals surface area contributed by atoms with Crippen molar-refractivity contribution in [2.24, 2.45) is 0 Å². The molecule has 0 spiro atoms. The van der Waals surface area contributed by atoms with Crippen molar-refractivity contribution < 1.29 is 33.3 Å². The predicted octanol–water partition coefficient (Wildman–Crippen LogP) is 3.09. The van der Waals surface area contributed by atoms with Gasteiger partial charge in [0.25, 0.3) is 11.1 Å². The molecule has 0 saturated carbocycles. The highest BCUT2D eigenvalue weighted by atomic mass is 32.2. The Labute approximate surface area is 167 Å². The third-order valence-electron chi connectivity index (χ3n) is 3.57. The lowest BCUT2D eigenvalue weighted by Gasteiger charge is -2.21. The number of amides is 2. The van der Waals surface area contributed by atoms with Gasteiger partial charge in [-0.15, -0.1) is 0 Å². The number of hydrogen-bond donors (Lipinski definition) is 0. The van der Waals surface area contributed by atoms with Crippen LogP contribution in [0.4, 0.5) is 4.79 Å². The molecule has 1 aliphatic heterocycles. The monoisotopic (exact) mass is 409 g/mol. The Morgan fingerprint density at radius 3 is 2.11 bits per heavy atom. The maximum Gasteiger partial charge on any atom is 0.326 e. The zero-order valence-corrected chi connectivity index (χ0v) is 17.5. The highest BCUT2D eigenvalue weighted by molar-refractivity contribution is 8.18. The second-order valence-corrected chi connectivity index (χ2v) is 7.81. The lowest BCUT2D eigenvalue weighted by molar-refractivity contribution is -0.156. The number of benzene rings is 1. The van der Waals surface area contributed by atoms with E-state index in [-0.39, 0.29) is 4.91 Å². The number of methoxy groups -OCH3 is 3. The molecule has 1 aromatic carbocycles. The van der Waals surface area contributed by atoms with Crippen LogP contribution in [-0.4, -0.2) is 55.5 Å².